The van der Waals surface area contributed by atoms with Crippen molar-refractivity contribution in [2.75, 3.05) is 30.1 Å². The third kappa shape index (κ3) is 9.11. The second-order valence-electron chi connectivity index (χ2n) is 4.04. The maximum absolute atomic E-state index is 11.1. The minimum Gasteiger partial charge on any atom is -0.313 e. The minimum absolute atomic E-state index is 0.0769. The molecular formula is C9H21NO4S2. The van der Waals surface area contributed by atoms with Crippen LogP contribution in [-0.2, 0) is 19.7 Å². The molecule has 0 bridgehead atoms. The summed E-state index contributed by atoms with van der Waals surface area (Å²) < 4.78 is 44.2. The van der Waals surface area contributed by atoms with Crippen LogP contribution >= 0.6 is 0 Å². The highest BCUT2D eigenvalue weighted by atomic mass is 32.2. The molecule has 1 unspecified atom stereocenters. The van der Waals surface area contributed by atoms with Gasteiger partial charge in [0, 0.05) is 18.1 Å². The lowest BCUT2D eigenvalue weighted by Gasteiger charge is -2.12. The molecule has 0 aromatic carbocycles. The van der Waals surface area contributed by atoms with Crippen molar-refractivity contribution in [3.63, 3.8) is 0 Å². The molecule has 0 radical (unpaired) electrons. The average Bonchev–Trinajstić information content (AvgIpc) is 2.10. The summed E-state index contributed by atoms with van der Waals surface area (Å²) in [5, 5.41) is 2.99. The van der Waals surface area contributed by atoms with Crippen molar-refractivity contribution in [2.45, 2.75) is 26.3 Å². The Balaban J connectivity index is 3.76. The first kappa shape index (κ1) is 15.9. The van der Waals surface area contributed by atoms with Crippen LogP contribution in [0.15, 0.2) is 0 Å². The summed E-state index contributed by atoms with van der Waals surface area (Å²) in [5.41, 5.74) is 0. The van der Waals surface area contributed by atoms with Crippen LogP contribution in [-0.4, -0.2) is 52.9 Å². The van der Waals surface area contributed by atoms with Gasteiger partial charge in [0.2, 0.25) is 0 Å². The van der Waals surface area contributed by atoms with E-state index in [-0.39, 0.29) is 23.3 Å². The van der Waals surface area contributed by atoms with E-state index >= 15 is 0 Å². The van der Waals surface area contributed by atoms with Crippen LogP contribution in [0.25, 0.3) is 0 Å². The van der Waals surface area contributed by atoms with E-state index in [0.29, 0.717) is 13.0 Å². The molecule has 0 aliphatic rings. The molecule has 0 saturated carbocycles. The molecule has 0 rings (SSSR count). The molecule has 0 spiro atoms. The first-order chi connectivity index (χ1) is 7.16. The molecular weight excluding hydrogens is 250 g/mol. The zero-order valence-corrected chi connectivity index (χ0v) is 11.7. The molecule has 0 amide bonds. The highest BCUT2D eigenvalue weighted by Gasteiger charge is 2.10. The first-order valence-electron chi connectivity index (χ1n) is 5.28. The van der Waals surface area contributed by atoms with Gasteiger partial charge in [0.25, 0.3) is 0 Å². The van der Waals surface area contributed by atoms with E-state index in [2.05, 4.69) is 5.32 Å². The molecule has 1 N–H and O–H groups in total. The standard InChI is InChI=1S/C9H21NO4S2/c1-4-16(13,14)7-5-6-10-9(2)8-15(3,11)12/h9-10H,4-8H2,1-3H3. The molecule has 1 atom stereocenters. The highest BCUT2D eigenvalue weighted by molar-refractivity contribution is 7.91. The SMILES string of the molecule is CCS(=O)(=O)CCCNC(C)CS(C)(=O)=O. The molecule has 0 aliphatic heterocycles. The van der Waals surface area contributed by atoms with Gasteiger partial charge in [-0.05, 0) is 19.9 Å². The quantitative estimate of drug-likeness (QED) is 0.620. The Hall–Kier alpha value is -0.140. The highest BCUT2D eigenvalue weighted by Crippen LogP contribution is 1.94. The van der Waals surface area contributed by atoms with Crippen molar-refractivity contribution in [1.82, 2.24) is 5.32 Å². The van der Waals surface area contributed by atoms with E-state index < -0.39 is 19.7 Å². The topological polar surface area (TPSA) is 80.3 Å². The van der Waals surface area contributed by atoms with Crippen molar-refractivity contribution < 1.29 is 16.8 Å². The second-order valence-corrected chi connectivity index (χ2v) is 8.70. The first-order valence-corrected chi connectivity index (χ1v) is 9.16. The summed E-state index contributed by atoms with van der Waals surface area (Å²) in [7, 11) is -5.89. The molecule has 0 saturated heterocycles. The van der Waals surface area contributed by atoms with Crippen LogP contribution in [0.4, 0.5) is 0 Å². The van der Waals surface area contributed by atoms with Gasteiger partial charge in [-0.1, -0.05) is 6.92 Å². The van der Waals surface area contributed by atoms with E-state index in [1.54, 1.807) is 13.8 Å². The zero-order valence-electron chi connectivity index (χ0n) is 10.1. The van der Waals surface area contributed by atoms with E-state index in [9.17, 15) is 16.8 Å². The maximum atomic E-state index is 11.1. The predicted octanol–water partition coefficient (Wildman–Crippen LogP) is -0.166. The van der Waals surface area contributed by atoms with Crippen molar-refractivity contribution in [1.29, 1.82) is 0 Å². The van der Waals surface area contributed by atoms with Gasteiger partial charge in [-0.3, -0.25) is 0 Å². The number of sulfone groups is 2. The van der Waals surface area contributed by atoms with Gasteiger partial charge in [0.1, 0.15) is 19.7 Å². The Morgan fingerprint density at radius 1 is 1.19 bits per heavy atom. The maximum Gasteiger partial charge on any atom is 0.150 e. The fourth-order valence-electron chi connectivity index (χ4n) is 1.30. The van der Waals surface area contributed by atoms with E-state index in [1.165, 1.54) is 6.26 Å². The summed E-state index contributed by atoms with van der Waals surface area (Å²) in [5.74, 6) is 0.390. The lowest BCUT2D eigenvalue weighted by Crippen LogP contribution is -2.34. The second kappa shape index (κ2) is 6.56. The summed E-state index contributed by atoms with van der Waals surface area (Å²) in [6.07, 6.45) is 1.71. The summed E-state index contributed by atoms with van der Waals surface area (Å²) in [6.45, 7) is 3.92. The van der Waals surface area contributed by atoms with Crippen LogP contribution in [0.3, 0.4) is 0 Å². The molecule has 98 valence electrons. The van der Waals surface area contributed by atoms with Gasteiger partial charge in [0.05, 0.1) is 11.5 Å². The van der Waals surface area contributed by atoms with Crippen molar-refractivity contribution in [2.24, 2.45) is 0 Å². The van der Waals surface area contributed by atoms with Crippen LogP contribution < -0.4 is 5.32 Å². The summed E-state index contributed by atoms with van der Waals surface area (Å²) in [6, 6.07) is -0.140. The molecule has 0 heterocycles. The molecule has 0 aliphatic carbocycles. The number of rotatable bonds is 8. The Morgan fingerprint density at radius 2 is 1.75 bits per heavy atom. The molecule has 7 heteroatoms. The Labute approximate surface area is 98.5 Å². The summed E-state index contributed by atoms with van der Waals surface area (Å²) >= 11 is 0. The van der Waals surface area contributed by atoms with E-state index in [4.69, 9.17) is 0 Å². The van der Waals surface area contributed by atoms with Gasteiger partial charge < -0.3 is 5.32 Å². The minimum atomic E-state index is -2.97. The lowest BCUT2D eigenvalue weighted by atomic mass is 10.3. The smallest absolute Gasteiger partial charge is 0.150 e. The third-order valence-electron chi connectivity index (χ3n) is 2.12. The van der Waals surface area contributed by atoms with Crippen LogP contribution in [0, 0.1) is 0 Å². The Morgan fingerprint density at radius 3 is 2.19 bits per heavy atom. The van der Waals surface area contributed by atoms with Gasteiger partial charge in [-0.2, -0.15) is 0 Å². The molecule has 0 aromatic rings. The van der Waals surface area contributed by atoms with Crippen LogP contribution in [0.1, 0.15) is 20.3 Å². The number of hydrogen-bond acceptors (Lipinski definition) is 5. The zero-order chi connectivity index (χ0) is 12.8. The van der Waals surface area contributed by atoms with E-state index in [1.807, 2.05) is 0 Å². The van der Waals surface area contributed by atoms with Gasteiger partial charge in [0.15, 0.2) is 0 Å². The molecule has 0 aromatic heterocycles. The molecule has 0 fully saturated rings. The van der Waals surface area contributed by atoms with Gasteiger partial charge in [-0.15, -0.1) is 0 Å². The van der Waals surface area contributed by atoms with E-state index in [0.717, 1.165) is 0 Å². The van der Waals surface area contributed by atoms with Crippen LogP contribution in [0.2, 0.25) is 0 Å². The van der Waals surface area contributed by atoms with Gasteiger partial charge >= 0.3 is 0 Å². The number of hydrogen-bond donors (Lipinski definition) is 1. The fourth-order valence-corrected chi connectivity index (χ4v) is 3.20. The van der Waals surface area contributed by atoms with Gasteiger partial charge in [-0.25, -0.2) is 16.8 Å². The average molecular weight is 271 g/mol. The number of nitrogens with one attached hydrogen (secondary N) is 1. The Kier molecular flexibility index (Phi) is 6.50. The van der Waals surface area contributed by atoms with Crippen molar-refractivity contribution in [3.8, 4) is 0 Å². The Bertz CT molecular complexity index is 386. The molecule has 16 heavy (non-hydrogen) atoms. The predicted molar refractivity (Wildman–Crippen MR) is 66.1 cm³/mol. The third-order valence-corrected chi connectivity index (χ3v) is 5.01. The molecule has 5 nitrogen and oxygen atoms in total. The summed E-state index contributed by atoms with van der Waals surface area (Å²) in [4.78, 5) is 0. The largest absolute Gasteiger partial charge is 0.313 e. The van der Waals surface area contributed by atoms with Crippen molar-refractivity contribution in [3.05, 3.63) is 0 Å². The fraction of sp³-hybridized carbons (Fsp3) is 1.00. The monoisotopic (exact) mass is 271 g/mol. The normalized spacial score (nSPS) is 14.9. The van der Waals surface area contributed by atoms with Crippen molar-refractivity contribution >= 4 is 19.7 Å². The lowest BCUT2D eigenvalue weighted by molar-refractivity contribution is 0.553. The van der Waals surface area contributed by atoms with Crippen LogP contribution in [0.5, 0.6) is 0 Å².